The summed E-state index contributed by atoms with van der Waals surface area (Å²) in [7, 11) is 1.49. The van der Waals surface area contributed by atoms with Gasteiger partial charge in [0.1, 0.15) is 11.6 Å². The Kier molecular flexibility index (Phi) is 7.14. The van der Waals surface area contributed by atoms with Crippen molar-refractivity contribution < 1.29 is 23.5 Å². The van der Waals surface area contributed by atoms with Crippen LogP contribution in [0.5, 0.6) is 5.75 Å². The molecule has 2 aromatic rings. The molecule has 26 heavy (non-hydrogen) atoms. The number of benzene rings is 2. The van der Waals surface area contributed by atoms with E-state index in [9.17, 15) is 14.0 Å². The molecule has 0 heterocycles. The molecule has 0 aliphatic heterocycles. The van der Waals surface area contributed by atoms with E-state index in [2.05, 4.69) is 5.32 Å². The fourth-order valence-electron chi connectivity index (χ4n) is 2.45. The van der Waals surface area contributed by atoms with E-state index in [1.54, 1.807) is 31.2 Å². The van der Waals surface area contributed by atoms with Gasteiger partial charge in [0.15, 0.2) is 0 Å². The van der Waals surface area contributed by atoms with Crippen LogP contribution in [0.25, 0.3) is 0 Å². The molecule has 5 nitrogen and oxygen atoms in total. The molecule has 0 fully saturated rings. The molecule has 0 aliphatic rings. The minimum atomic E-state index is -0.323. The molecule has 2 aromatic carbocycles. The minimum absolute atomic E-state index is 0.247. The normalized spacial score (nSPS) is 10.3. The number of carbonyl (C=O) groups is 2. The molecule has 138 valence electrons. The standard InChI is InChI=1S/C20H22FNO4/c1-3-26-19(23)11-7-14-6-10-18(25-2)17(12-14)20(24)22-13-15-4-8-16(21)9-5-15/h4-6,8-10,12H,3,7,11,13H2,1-2H3,(H,22,24). The summed E-state index contributed by atoms with van der Waals surface area (Å²) in [6, 6.07) is 11.1. The fraction of sp³-hybridized carbons (Fsp3) is 0.300. The summed E-state index contributed by atoms with van der Waals surface area (Å²) in [5, 5.41) is 2.79. The lowest BCUT2D eigenvalue weighted by Crippen LogP contribution is -2.23. The zero-order valence-corrected chi connectivity index (χ0v) is 14.9. The van der Waals surface area contributed by atoms with Gasteiger partial charge < -0.3 is 14.8 Å². The van der Waals surface area contributed by atoms with Gasteiger partial charge in [0.05, 0.1) is 19.3 Å². The topological polar surface area (TPSA) is 64.6 Å². The summed E-state index contributed by atoms with van der Waals surface area (Å²) in [6.07, 6.45) is 0.720. The molecule has 0 aromatic heterocycles. The number of halogens is 1. The van der Waals surface area contributed by atoms with Crippen LogP contribution in [-0.4, -0.2) is 25.6 Å². The third kappa shape index (κ3) is 5.58. The van der Waals surface area contributed by atoms with Crippen LogP contribution in [0.1, 0.15) is 34.8 Å². The second kappa shape index (κ2) is 9.56. The summed E-state index contributed by atoms with van der Waals surface area (Å²) < 4.78 is 23.1. The maximum atomic E-state index is 12.9. The highest BCUT2D eigenvalue weighted by Crippen LogP contribution is 2.21. The van der Waals surface area contributed by atoms with Crippen LogP contribution in [0, 0.1) is 5.82 Å². The first-order chi connectivity index (χ1) is 12.5. The Hall–Kier alpha value is -2.89. The summed E-state index contributed by atoms with van der Waals surface area (Å²) in [5.74, 6) is -0.452. The van der Waals surface area contributed by atoms with Crippen molar-refractivity contribution in [1.29, 1.82) is 0 Å². The van der Waals surface area contributed by atoms with Crippen molar-refractivity contribution in [3.05, 3.63) is 65.0 Å². The van der Waals surface area contributed by atoms with Gasteiger partial charge in [0.2, 0.25) is 0 Å². The molecule has 0 unspecified atom stereocenters. The van der Waals surface area contributed by atoms with Crippen molar-refractivity contribution in [2.45, 2.75) is 26.3 Å². The summed E-state index contributed by atoms with van der Waals surface area (Å²) in [6.45, 7) is 2.38. The molecule has 0 spiro atoms. The molecule has 1 N–H and O–H groups in total. The van der Waals surface area contributed by atoms with E-state index >= 15 is 0 Å². The number of esters is 1. The first-order valence-electron chi connectivity index (χ1n) is 8.38. The van der Waals surface area contributed by atoms with Gasteiger partial charge in [-0.3, -0.25) is 9.59 Å². The number of hydrogen-bond acceptors (Lipinski definition) is 4. The lowest BCUT2D eigenvalue weighted by Gasteiger charge is -2.11. The summed E-state index contributed by atoms with van der Waals surface area (Å²) in [5.41, 5.74) is 2.01. The quantitative estimate of drug-likeness (QED) is 0.735. The molecular weight excluding hydrogens is 337 g/mol. The smallest absolute Gasteiger partial charge is 0.306 e. The number of rotatable bonds is 8. The largest absolute Gasteiger partial charge is 0.496 e. The molecule has 0 saturated carbocycles. The maximum absolute atomic E-state index is 12.9. The van der Waals surface area contributed by atoms with Gasteiger partial charge in [-0.1, -0.05) is 18.2 Å². The Bertz CT molecular complexity index is 759. The monoisotopic (exact) mass is 359 g/mol. The predicted molar refractivity (Wildman–Crippen MR) is 95.5 cm³/mol. The van der Waals surface area contributed by atoms with Crippen molar-refractivity contribution in [1.82, 2.24) is 5.32 Å². The average molecular weight is 359 g/mol. The van der Waals surface area contributed by atoms with Gasteiger partial charge in [-0.05, 0) is 48.7 Å². The number of ether oxygens (including phenoxy) is 2. The van der Waals surface area contributed by atoms with E-state index in [4.69, 9.17) is 9.47 Å². The lowest BCUT2D eigenvalue weighted by molar-refractivity contribution is -0.143. The summed E-state index contributed by atoms with van der Waals surface area (Å²) in [4.78, 5) is 24.0. The SMILES string of the molecule is CCOC(=O)CCc1ccc(OC)c(C(=O)NCc2ccc(F)cc2)c1. The van der Waals surface area contributed by atoms with Crippen LogP contribution in [0.2, 0.25) is 0 Å². The van der Waals surface area contributed by atoms with Gasteiger partial charge in [0, 0.05) is 13.0 Å². The van der Waals surface area contributed by atoms with Crippen LogP contribution in [0.3, 0.4) is 0 Å². The zero-order valence-electron chi connectivity index (χ0n) is 14.9. The second-order valence-corrected chi connectivity index (χ2v) is 5.65. The molecule has 0 radical (unpaired) electrons. The van der Waals surface area contributed by atoms with Gasteiger partial charge in [-0.2, -0.15) is 0 Å². The van der Waals surface area contributed by atoms with Crippen molar-refractivity contribution in [3.63, 3.8) is 0 Å². The molecule has 0 atom stereocenters. The van der Waals surface area contributed by atoms with Crippen LogP contribution in [0.4, 0.5) is 4.39 Å². The predicted octanol–water partition coefficient (Wildman–Crippen LogP) is 3.26. The van der Waals surface area contributed by atoms with E-state index in [1.165, 1.54) is 19.2 Å². The minimum Gasteiger partial charge on any atom is -0.496 e. The Balaban J connectivity index is 2.05. The molecule has 0 bridgehead atoms. The van der Waals surface area contributed by atoms with Crippen molar-refractivity contribution in [3.8, 4) is 5.75 Å². The highest BCUT2D eigenvalue weighted by atomic mass is 19.1. The number of methoxy groups -OCH3 is 1. The van der Waals surface area contributed by atoms with Gasteiger partial charge in [-0.25, -0.2) is 4.39 Å². The lowest BCUT2D eigenvalue weighted by atomic mass is 10.0. The van der Waals surface area contributed by atoms with Crippen molar-refractivity contribution in [2.24, 2.45) is 0 Å². The average Bonchev–Trinajstić information content (AvgIpc) is 2.65. The highest BCUT2D eigenvalue weighted by molar-refractivity contribution is 5.97. The molecule has 0 saturated heterocycles. The zero-order chi connectivity index (χ0) is 18.9. The Labute approximate surface area is 152 Å². The number of nitrogens with one attached hydrogen (secondary N) is 1. The van der Waals surface area contributed by atoms with Crippen LogP contribution >= 0.6 is 0 Å². The highest BCUT2D eigenvalue weighted by Gasteiger charge is 2.14. The van der Waals surface area contributed by atoms with Crippen LogP contribution in [-0.2, 0) is 22.5 Å². The van der Waals surface area contributed by atoms with E-state index in [0.717, 1.165) is 11.1 Å². The van der Waals surface area contributed by atoms with Crippen LogP contribution < -0.4 is 10.1 Å². The summed E-state index contributed by atoms with van der Waals surface area (Å²) >= 11 is 0. The number of carbonyl (C=O) groups excluding carboxylic acids is 2. The van der Waals surface area contributed by atoms with Crippen LogP contribution in [0.15, 0.2) is 42.5 Å². The van der Waals surface area contributed by atoms with E-state index in [-0.39, 0.29) is 30.7 Å². The van der Waals surface area contributed by atoms with Crippen molar-refractivity contribution >= 4 is 11.9 Å². The Morgan fingerprint density at radius 3 is 2.42 bits per heavy atom. The second-order valence-electron chi connectivity index (χ2n) is 5.65. The maximum Gasteiger partial charge on any atom is 0.306 e. The van der Waals surface area contributed by atoms with E-state index < -0.39 is 0 Å². The van der Waals surface area contributed by atoms with Crippen molar-refractivity contribution in [2.75, 3.05) is 13.7 Å². The Morgan fingerprint density at radius 1 is 1.08 bits per heavy atom. The van der Waals surface area contributed by atoms with E-state index in [0.29, 0.717) is 24.3 Å². The first-order valence-corrected chi connectivity index (χ1v) is 8.38. The molecular formula is C20H22FNO4. The third-order valence-corrected chi connectivity index (χ3v) is 3.80. The van der Waals surface area contributed by atoms with E-state index in [1.807, 2.05) is 6.07 Å². The van der Waals surface area contributed by atoms with Gasteiger partial charge in [0.25, 0.3) is 5.91 Å². The number of hydrogen-bond donors (Lipinski definition) is 1. The molecule has 0 aliphatic carbocycles. The fourth-order valence-corrected chi connectivity index (χ4v) is 2.45. The van der Waals surface area contributed by atoms with Gasteiger partial charge in [-0.15, -0.1) is 0 Å². The molecule has 6 heteroatoms. The first kappa shape index (κ1) is 19.4. The van der Waals surface area contributed by atoms with Gasteiger partial charge >= 0.3 is 5.97 Å². The third-order valence-electron chi connectivity index (χ3n) is 3.80. The number of aryl methyl sites for hydroxylation is 1. The number of amides is 1. The molecule has 1 amide bonds. The molecule has 2 rings (SSSR count). The Morgan fingerprint density at radius 2 is 1.77 bits per heavy atom.